The zero-order chi connectivity index (χ0) is 16.3. The number of sulfonamides is 1. The minimum atomic E-state index is -3.34. The normalized spacial score (nSPS) is 11.0. The number of hydrogen-bond donors (Lipinski definition) is 1. The van der Waals surface area contributed by atoms with Crippen molar-refractivity contribution in [3.8, 4) is 0 Å². The maximum absolute atomic E-state index is 12.8. The van der Waals surface area contributed by atoms with Crippen LogP contribution in [-0.4, -0.2) is 27.6 Å². The summed E-state index contributed by atoms with van der Waals surface area (Å²) in [6.45, 7) is 0. The van der Waals surface area contributed by atoms with Crippen molar-refractivity contribution in [1.82, 2.24) is 0 Å². The van der Waals surface area contributed by atoms with E-state index in [2.05, 4.69) is 5.32 Å². The number of carbonyl (C=O) groups is 1. The number of rotatable bonds is 4. The molecule has 0 spiro atoms. The van der Waals surface area contributed by atoms with Crippen LogP contribution < -0.4 is 9.62 Å². The second-order valence-electron chi connectivity index (χ2n) is 4.74. The number of anilines is 2. The molecule has 1 N–H and O–H groups in total. The number of amides is 1. The second-order valence-corrected chi connectivity index (χ2v) is 6.75. The number of nitrogens with zero attached hydrogens (tertiary/aromatic N) is 1. The molecule has 5 nitrogen and oxygen atoms in total. The first-order valence-electron chi connectivity index (χ1n) is 6.38. The molecule has 0 bridgehead atoms. The standard InChI is InChI=1S/C15H15FN2O3S/c1-18(22(2,20)21)14-9-3-11(4-10-14)15(19)17-13-7-5-12(16)6-8-13/h3-10H,1-2H3,(H,17,19). The highest BCUT2D eigenvalue weighted by Crippen LogP contribution is 2.17. The summed E-state index contributed by atoms with van der Waals surface area (Å²) < 4.78 is 36.8. The van der Waals surface area contributed by atoms with Gasteiger partial charge >= 0.3 is 0 Å². The highest BCUT2D eigenvalue weighted by molar-refractivity contribution is 7.92. The Labute approximate surface area is 128 Å². The van der Waals surface area contributed by atoms with Gasteiger partial charge in [0, 0.05) is 18.3 Å². The van der Waals surface area contributed by atoms with Crippen LogP contribution in [0.4, 0.5) is 15.8 Å². The molecular weight excluding hydrogens is 307 g/mol. The molecule has 2 rings (SSSR count). The van der Waals surface area contributed by atoms with Crippen LogP contribution in [0, 0.1) is 5.82 Å². The van der Waals surface area contributed by atoms with E-state index in [1.807, 2.05) is 0 Å². The average molecular weight is 322 g/mol. The summed E-state index contributed by atoms with van der Waals surface area (Å²) in [5.41, 5.74) is 1.31. The molecule has 0 fully saturated rings. The third kappa shape index (κ3) is 3.82. The minimum Gasteiger partial charge on any atom is -0.322 e. The van der Waals surface area contributed by atoms with Gasteiger partial charge in [-0.15, -0.1) is 0 Å². The fraction of sp³-hybridized carbons (Fsp3) is 0.133. The Bertz CT molecular complexity index is 771. The predicted molar refractivity (Wildman–Crippen MR) is 84.0 cm³/mol. The first kappa shape index (κ1) is 16.0. The number of nitrogens with one attached hydrogen (secondary N) is 1. The molecule has 0 heterocycles. The monoisotopic (exact) mass is 322 g/mol. The molecule has 0 atom stereocenters. The summed E-state index contributed by atoms with van der Waals surface area (Å²) in [4.78, 5) is 12.0. The SMILES string of the molecule is CN(c1ccc(C(=O)Nc2ccc(F)cc2)cc1)S(C)(=O)=O. The molecule has 0 aromatic heterocycles. The van der Waals surface area contributed by atoms with E-state index in [9.17, 15) is 17.6 Å². The lowest BCUT2D eigenvalue weighted by molar-refractivity contribution is 0.102. The molecule has 0 saturated heterocycles. The van der Waals surface area contributed by atoms with Gasteiger partial charge in [-0.2, -0.15) is 0 Å². The Morgan fingerprint density at radius 3 is 2.09 bits per heavy atom. The van der Waals surface area contributed by atoms with Crippen LogP contribution in [0.15, 0.2) is 48.5 Å². The minimum absolute atomic E-state index is 0.361. The van der Waals surface area contributed by atoms with Gasteiger partial charge in [-0.25, -0.2) is 12.8 Å². The van der Waals surface area contributed by atoms with Crippen LogP contribution in [0.5, 0.6) is 0 Å². The maximum atomic E-state index is 12.8. The van der Waals surface area contributed by atoms with E-state index >= 15 is 0 Å². The number of hydrogen-bond acceptors (Lipinski definition) is 3. The van der Waals surface area contributed by atoms with Crippen molar-refractivity contribution in [2.45, 2.75) is 0 Å². The lowest BCUT2D eigenvalue weighted by atomic mass is 10.2. The van der Waals surface area contributed by atoms with E-state index in [-0.39, 0.29) is 11.7 Å². The van der Waals surface area contributed by atoms with Gasteiger partial charge in [-0.3, -0.25) is 9.10 Å². The third-order valence-corrected chi connectivity index (χ3v) is 4.30. The molecule has 7 heteroatoms. The fourth-order valence-electron chi connectivity index (χ4n) is 1.75. The van der Waals surface area contributed by atoms with Crippen molar-refractivity contribution in [3.05, 3.63) is 59.9 Å². The van der Waals surface area contributed by atoms with Gasteiger partial charge in [-0.1, -0.05) is 0 Å². The first-order valence-corrected chi connectivity index (χ1v) is 8.23. The van der Waals surface area contributed by atoms with Crippen molar-refractivity contribution in [3.63, 3.8) is 0 Å². The second kappa shape index (κ2) is 6.15. The molecule has 0 unspecified atom stereocenters. The smallest absolute Gasteiger partial charge is 0.255 e. The first-order chi connectivity index (χ1) is 10.3. The summed E-state index contributed by atoms with van der Waals surface area (Å²) in [5.74, 6) is -0.744. The largest absolute Gasteiger partial charge is 0.322 e. The summed E-state index contributed by atoms with van der Waals surface area (Å²) in [6.07, 6.45) is 1.10. The lowest BCUT2D eigenvalue weighted by Gasteiger charge is -2.16. The Hall–Kier alpha value is -2.41. The molecule has 0 aliphatic heterocycles. The van der Waals surface area contributed by atoms with E-state index in [1.165, 1.54) is 43.4 Å². The lowest BCUT2D eigenvalue weighted by Crippen LogP contribution is -2.24. The highest BCUT2D eigenvalue weighted by atomic mass is 32.2. The molecule has 0 saturated carbocycles. The van der Waals surface area contributed by atoms with Gasteiger partial charge in [0.15, 0.2) is 0 Å². The number of carbonyl (C=O) groups excluding carboxylic acids is 1. The Morgan fingerprint density at radius 1 is 1.05 bits per heavy atom. The van der Waals surface area contributed by atoms with Gasteiger partial charge < -0.3 is 5.32 Å². The zero-order valence-electron chi connectivity index (χ0n) is 12.1. The molecule has 116 valence electrons. The summed E-state index contributed by atoms with van der Waals surface area (Å²) >= 11 is 0. The topological polar surface area (TPSA) is 66.5 Å². The molecule has 0 aliphatic rings. The summed E-state index contributed by atoms with van der Waals surface area (Å²) in [6, 6.07) is 11.5. The third-order valence-electron chi connectivity index (χ3n) is 3.09. The van der Waals surface area contributed by atoms with Crippen LogP contribution in [0.2, 0.25) is 0 Å². The highest BCUT2D eigenvalue weighted by Gasteiger charge is 2.13. The predicted octanol–water partition coefficient (Wildman–Crippen LogP) is 2.47. The van der Waals surface area contributed by atoms with Crippen LogP contribution in [-0.2, 0) is 10.0 Å². The maximum Gasteiger partial charge on any atom is 0.255 e. The van der Waals surface area contributed by atoms with Crippen molar-refractivity contribution >= 4 is 27.3 Å². The van der Waals surface area contributed by atoms with Crippen LogP contribution >= 0.6 is 0 Å². The van der Waals surface area contributed by atoms with E-state index in [0.717, 1.165) is 10.6 Å². The fourth-order valence-corrected chi connectivity index (χ4v) is 2.26. The summed E-state index contributed by atoms with van der Waals surface area (Å²) in [5, 5.41) is 2.63. The molecular formula is C15H15FN2O3S. The van der Waals surface area contributed by atoms with Crippen LogP contribution in [0.25, 0.3) is 0 Å². The average Bonchev–Trinajstić information content (AvgIpc) is 2.48. The number of benzene rings is 2. The van der Waals surface area contributed by atoms with E-state index in [1.54, 1.807) is 12.1 Å². The van der Waals surface area contributed by atoms with Crippen LogP contribution in [0.3, 0.4) is 0 Å². The number of halogens is 1. The van der Waals surface area contributed by atoms with E-state index in [4.69, 9.17) is 0 Å². The van der Waals surface area contributed by atoms with Crippen molar-refractivity contribution in [1.29, 1.82) is 0 Å². The van der Waals surface area contributed by atoms with Gasteiger partial charge in [-0.05, 0) is 48.5 Å². The molecule has 0 radical (unpaired) electrons. The quantitative estimate of drug-likeness (QED) is 0.940. The van der Waals surface area contributed by atoms with Crippen molar-refractivity contribution in [2.24, 2.45) is 0 Å². The molecule has 2 aromatic carbocycles. The van der Waals surface area contributed by atoms with E-state index in [0.29, 0.717) is 16.9 Å². The van der Waals surface area contributed by atoms with Crippen molar-refractivity contribution in [2.75, 3.05) is 22.9 Å². The van der Waals surface area contributed by atoms with Gasteiger partial charge in [0.1, 0.15) is 5.82 Å². The molecule has 1 amide bonds. The van der Waals surface area contributed by atoms with Gasteiger partial charge in [0.25, 0.3) is 5.91 Å². The molecule has 0 aliphatic carbocycles. The molecule has 2 aromatic rings. The molecule has 22 heavy (non-hydrogen) atoms. The van der Waals surface area contributed by atoms with Crippen molar-refractivity contribution < 1.29 is 17.6 Å². The van der Waals surface area contributed by atoms with Crippen LogP contribution in [0.1, 0.15) is 10.4 Å². The van der Waals surface area contributed by atoms with Gasteiger partial charge in [0.05, 0.1) is 11.9 Å². The Kier molecular flexibility index (Phi) is 4.46. The summed E-state index contributed by atoms with van der Waals surface area (Å²) in [7, 11) is -1.91. The Morgan fingerprint density at radius 2 is 1.59 bits per heavy atom. The Balaban J connectivity index is 2.13. The van der Waals surface area contributed by atoms with Gasteiger partial charge in [0.2, 0.25) is 10.0 Å². The zero-order valence-corrected chi connectivity index (χ0v) is 12.9. The van der Waals surface area contributed by atoms with E-state index < -0.39 is 10.0 Å².